The van der Waals surface area contributed by atoms with Crippen molar-refractivity contribution < 1.29 is 27.4 Å². The summed E-state index contributed by atoms with van der Waals surface area (Å²) in [7, 11) is 3.03. The van der Waals surface area contributed by atoms with E-state index in [9.17, 15) is 18.0 Å². The molecule has 0 fully saturated rings. The number of amides is 1. The fourth-order valence-electron chi connectivity index (χ4n) is 3.14. The molecule has 1 amide bonds. The summed E-state index contributed by atoms with van der Waals surface area (Å²) in [6, 6.07) is 9.46. The summed E-state index contributed by atoms with van der Waals surface area (Å²) in [5, 5.41) is 5.74. The molecule has 1 unspecified atom stereocenters. The highest BCUT2D eigenvalue weighted by molar-refractivity contribution is 5.84. The smallest absolute Gasteiger partial charge is 0.416 e. The van der Waals surface area contributed by atoms with Crippen molar-refractivity contribution in [1.82, 2.24) is 15.3 Å². The zero-order valence-electron chi connectivity index (χ0n) is 17.0. The number of alkyl halides is 3. The molecule has 31 heavy (non-hydrogen) atoms. The van der Waals surface area contributed by atoms with Gasteiger partial charge in [-0.3, -0.25) is 4.79 Å². The minimum atomic E-state index is -4.49. The van der Waals surface area contributed by atoms with Gasteiger partial charge in [0.15, 0.2) is 0 Å². The second kappa shape index (κ2) is 9.69. The third kappa shape index (κ3) is 5.66. The number of carbonyl (C=O) groups excluding carboxylic acids is 1. The van der Waals surface area contributed by atoms with Crippen molar-refractivity contribution in [2.75, 3.05) is 32.7 Å². The molecule has 0 bridgehead atoms. The first kappa shape index (κ1) is 22.4. The minimum Gasteiger partial charge on any atom is -0.494 e. The van der Waals surface area contributed by atoms with Crippen molar-refractivity contribution in [1.29, 1.82) is 0 Å². The Morgan fingerprint density at radius 3 is 2.68 bits per heavy atom. The summed E-state index contributed by atoms with van der Waals surface area (Å²) >= 11 is 0. The summed E-state index contributed by atoms with van der Waals surface area (Å²) in [5.74, 6) is 0.530. The Labute approximate surface area is 177 Å². The fraction of sp³-hybridized carbons (Fsp3) is 0.333. The zero-order valence-corrected chi connectivity index (χ0v) is 17.0. The van der Waals surface area contributed by atoms with Crippen LogP contribution >= 0.6 is 0 Å². The largest absolute Gasteiger partial charge is 0.494 e. The number of halogens is 3. The molecule has 1 atom stereocenters. The van der Waals surface area contributed by atoms with Crippen molar-refractivity contribution >= 4 is 22.9 Å². The number of nitrogens with zero attached hydrogens (tertiary/aromatic N) is 1. The first-order valence-electron chi connectivity index (χ1n) is 9.54. The molecule has 1 aromatic heterocycles. The van der Waals surface area contributed by atoms with Crippen LogP contribution in [-0.2, 0) is 15.7 Å². The fourth-order valence-corrected chi connectivity index (χ4v) is 3.14. The molecule has 2 aromatic carbocycles. The van der Waals surface area contributed by atoms with Crippen molar-refractivity contribution in [2.45, 2.75) is 18.6 Å². The van der Waals surface area contributed by atoms with E-state index in [1.807, 2.05) is 0 Å². The predicted octanol–water partition coefficient (Wildman–Crippen LogP) is 3.90. The molecule has 1 heterocycles. The van der Waals surface area contributed by atoms with Crippen LogP contribution in [0.2, 0.25) is 0 Å². The lowest BCUT2D eigenvalue weighted by molar-refractivity contribution is -0.137. The summed E-state index contributed by atoms with van der Waals surface area (Å²) in [6.07, 6.45) is -4.59. The predicted molar refractivity (Wildman–Crippen MR) is 110 cm³/mol. The average Bonchev–Trinajstić information content (AvgIpc) is 3.15. The van der Waals surface area contributed by atoms with Gasteiger partial charge in [0.25, 0.3) is 0 Å². The monoisotopic (exact) mass is 436 g/mol. The molecule has 0 aliphatic carbocycles. The quantitative estimate of drug-likeness (QED) is 0.443. The third-order valence-corrected chi connectivity index (χ3v) is 4.64. The second-order valence-electron chi connectivity index (χ2n) is 6.81. The number of aromatic nitrogens is 2. The van der Waals surface area contributed by atoms with Gasteiger partial charge in [-0.2, -0.15) is 13.2 Å². The van der Waals surface area contributed by atoms with E-state index in [0.717, 1.165) is 12.1 Å². The number of nitrogens with one attached hydrogen (secondary N) is 3. The van der Waals surface area contributed by atoms with Gasteiger partial charge >= 0.3 is 6.18 Å². The topological polar surface area (TPSA) is 88.3 Å². The van der Waals surface area contributed by atoms with E-state index >= 15 is 0 Å². The van der Waals surface area contributed by atoms with E-state index in [0.29, 0.717) is 41.4 Å². The number of H-pyrrole nitrogens is 1. The average molecular weight is 436 g/mol. The van der Waals surface area contributed by atoms with Crippen LogP contribution in [0.4, 0.5) is 19.1 Å². The van der Waals surface area contributed by atoms with E-state index in [1.54, 1.807) is 24.3 Å². The molecule has 3 aromatic rings. The van der Waals surface area contributed by atoms with Crippen molar-refractivity contribution in [2.24, 2.45) is 0 Å². The van der Waals surface area contributed by atoms with E-state index < -0.39 is 17.8 Å². The second-order valence-corrected chi connectivity index (χ2v) is 6.81. The summed E-state index contributed by atoms with van der Waals surface area (Å²) < 4.78 is 49.8. The number of methoxy groups -OCH3 is 2. The molecular formula is C21H23F3N4O3. The Kier molecular flexibility index (Phi) is 7.01. The number of fused-ring (bicyclic) bond motifs is 1. The lowest BCUT2D eigenvalue weighted by Gasteiger charge is -2.20. The summed E-state index contributed by atoms with van der Waals surface area (Å²) in [5.41, 5.74) is 0.779. The van der Waals surface area contributed by atoms with Gasteiger partial charge in [-0.05, 0) is 29.8 Å². The third-order valence-electron chi connectivity index (χ3n) is 4.64. The first-order chi connectivity index (χ1) is 14.8. The van der Waals surface area contributed by atoms with Crippen LogP contribution in [0.25, 0.3) is 11.0 Å². The number of ether oxygens (including phenoxy) is 2. The highest BCUT2D eigenvalue weighted by Gasteiger charge is 2.31. The molecular weight excluding hydrogens is 413 g/mol. The molecule has 3 rings (SSSR count). The maximum atomic E-state index is 13.2. The Bertz CT molecular complexity index is 1040. The van der Waals surface area contributed by atoms with Gasteiger partial charge in [-0.1, -0.05) is 18.2 Å². The van der Waals surface area contributed by atoms with Crippen LogP contribution in [0, 0.1) is 0 Å². The number of hydrogen-bond acceptors (Lipinski definition) is 5. The molecule has 10 heteroatoms. The molecule has 0 radical (unpaired) electrons. The Morgan fingerprint density at radius 2 is 1.97 bits per heavy atom. The highest BCUT2D eigenvalue weighted by atomic mass is 19.4. The van der Waals surface area contributed by atoms with Gasteiger partial charge < -0.3 is 25.1 Å². The maximum absolute atomic E-state index is 13.2. The summed E-state index contributed by atoms with van der Waals surface area (Å²) in [4.78, 5) is 19.9. The molecule has 0 saturated carbocycles. The molecule has 0 aliphatic rings. The molecule has 3 N–H and O–H groups in total. The number of anilines is 1. The minimum absolute atomic E-state index is 0.0980. The van der Waals surface area contributed by atoms with Crippen LogP contribution in [0.15, 0.2) is 42.5 Å². The van der Waals surface area contributed by atoms with Crippen molar-refractivity contribution in [3.63, 3.8) is 0 Å². The Hall–Kier alpha value is -3.27. The van der Waals surface area contributed by atoms with E-state index in [4.69, 9.17) is 9.47 Å². The van der Waals surface area contributed by atoms with Gasteiger partial charge in [0.2, 0.25) is 11.9 Å². The lowest BCUT2D eigenvalue weighted by Crippen LogP contribution is -2.30. The molecule has 7 nitrogen and oxygen atoms in total. The van der Waals surface area contributed by atoms with Crippen LogP contribution < -0.4 is 15.4 Å². The Balaban J connectivity index is 1.90. The van der Waals surface area contributed by atoms with Gasteiger partial charge in [0.1, 0.15) is 11.3 Å². The molecule has 0 saturated heterocycles. The van der Waals surface area contributed by atoms with E-state index in [1.165, 1.54) is 20.3 Å². The normalized spacial score (nSPS) is 12.5. The van der Waals surface area contributed by atoms with E-state index in [-0.39, 0.29) is 12.3 Å². The van der Waals surface area contributed by atoms with Crippen LogP contribution in [0.3, 0.4) is 0 Å². The number of hydrogen-bond donors (Lipinski definition) is 3. The number of imidazole rings is 1. The number of benzene rings is 2. The standard InChI is InChI=1S/C21H23F3N4O3/c1-30-10-9-25-18(29)12-16(13-5-3-6-14(11-13)21(22,23)24)27-20-26-15-7-4-8-17(31-2)19(15)28-20/h3-8,11,16H,9-10,12H2,1-2H3,(H,25,29)(H2,26,27,28). The van der Waals surface area contributed by atoms with Gasteiger partial charge in [0.05, 0.1) is 37.3 Å². The van der Waals surface area contributed by atoms with Crippen LogP contribution in [0.1, 0.15) is 23.6 Å². The molecule has 166 valence electrons. The summed E-state index contributed by atoms with van der Waals surface area (Å²) in [6.45, 7) is 0.628. The van der Waals surface area contributed by atoms with Crippen LogP contribution in [0.5, 0.6) is 5.75 Å². The van der Waals surface area contributed by atoms with Gasteiger partial charge in [0, 0.05) is 13.7 Å². The number of para-hydroxylation sites is 1. The number of rotatable bonds is 9. The molecule has 0 spiro atoms. The van der Waals surface area contributed by atoms with Gasteiger partial charge in [-0.25, -0.2) is 4.98 Å². The van der Waals surface area contributed by atoms with Crippen LogP contribution in [-0.4, -0.2) is 43.2 Å². The van der Waals surface area contributed by atoms with Crippen molar-refractivity contribution in [3.05, 3.63) is 53.6 Å². The maximum Gasteiger partial charge on any atom is 0.416 e. The zero-order chi connectivity index (χ0) is 22.4. The molecule has 0 aliphatic heterocycles. The highest BCUT2D eigenvalue weighted by Crippen LogP contribution is 2.32. The first-order valence-corrected chi connectivity index (χ1v) is 9.54. The van der Waals surface area contributed by atoms with Gasteiger partial charge in [-0.15, -0.1) is 0 Å². The van der Waals surface area contributed by atoms with E-state index in [2.05, 4.69) is 20.6 Å². The Morgan fingerprint density at radius 1 is 1.19 bits per heavy atom. The SMILES string of the molecule is COCCNC(=O)CC(Nc1nc2c(OC)cccc2[nH]1)c1cccc(C(F)(F)F)c1. The lowest BCUT2D eigenvalue weighted by atomic mass is 10.0. The number of aromatic amines is 1. The number of carbonyl (C=O) groups is 1. The van der Waals surface area contributed by atoms with Crippen molar-refractivity contribution in [3.8, 4) is 5.75 Å².